The van der Waals surface area contributed by atoms with Gasteiger partial charge in [-0.05, 0) is 29.2 Å². The number of ether oxygens (including phenoxy) is 1. The summed E-state index contributed by atoms with van der Waals surface area (Å²) >= 11 is 0. The van der Waals surface area contributed by atoms with Crippen molar-refractivity contribution in [3.8, 4) is 11.1 Å². The van der Waals surface area contributed by atoms with Gasteiger partial charge in [-0.15, -0.1) is 0 Å². The molecular formula is C26H39N3O4. The molecule has 0 aromatic heterocycles. The van der Waals surface area contributed by atoms with Gasteiger partial charge in [0.1, 0.15) is 12.6 Å². The summed E-state index contributed by atoms with van der Waals surface area (Å²) < 4.78 is 5.24. The molecule has 7 nitrogen and oxygen atoms in total. The Balaban J connectivity index is 0.000000602. The highest BCUT2D eigenvalue weighted by Crippen LogP contribution is 2.44. The molecule has 33 heavy (non-hydrogen) atoms. The van der Waals surface area contributed by atoms with E-state index < -0.39 is 0 Å². The third-order valence-corrected chi connectivity index (χ3v) is 4.54. The van der Waals surface area contributed by atoms with Gasteiger partial charge in [0.05, 0.1) is 6.54 Å². The van der Waals surface area contributed by atoms with Crippen LogP contribution in [0.1, 0.15) is 59.1 Å². The Bertz CT molecular complexity index is 847. The Kier molecular flexibility index (Phi) is 13.9. The number of carbonyl (C=O) groups excluding carboxylic acids is 3. The normalized spacial score (nSPS) is 15.0. The maximum Gasteiger partial charge on any atom is 0.406 e. The maximum atomic E-state index is 11.3. The van der Waals surface area contributed by atoms with Crippen LogP contribution in [-0.2, 0) is 14.3 Å². The fourth-order valence-corrected chi connectivity index (χ4v) is 2.88. The van der Waals surface area contributed by atoms with Crippen molar-refractivity contribution in [3.63, 3.8) is 0 Å². The summed E-state index contributed by atoms with van der Waals surface area (Å²) in [6.07, 6.45) is -0.387. The minimum atomic E-state index is -0.387. The molecule has 1 unspecified atom stereocenters. The van der Waals surface area contributed by atoms with Gasteiger partial charge in [-0.2, -0.15) is 0 Å². The molecule has 3 amide bonds. The fourth-order valence-electron chi connectivity index (χ4n) is 2.88. The molecule has 0 saturated carbocycles. The van der Waals surface area contributed by atoms with Crippen molar-refractivity contribution in [2.75, 3.05) is 20.2 Å². The van der Waals surface area contributed by atoms with E-state index in [1.807, 2.05) is 58.9 Å². The summed E-state index contributed by atoms with van der Waals surface area (Å²) in [7, 11) is 1.57. The van der Waals surface area contributed by atoms with Crippen LogP contribution < -0.4 is 16.0 Å². The molecule has 0 bridgehead atoms. The molecule has 0 spiro atoms. The van der Waals surface area contributed by atoms with Gasteiger partial charge < -0.3 is 20.7 Å². The van der Waals surface area contributed by atoms with Gasteiger partial charge in [0.25, 0.3) is 0 Å². The lowest BCUT2D eigenvalue weighted by Crippen LogP contribution is -2.21. The van der Waals surface area contributed by atoms with Crippen LogP contribution in [0.2, 0.25) is 0 Å². The summed E-state index contributed by atoms with van der Waals surface area (Å²) in [6, 6.07) is 16.7. The van der Waals surface area contributed by atoms with E-state index in [1.54, 1.807) is 7.05 Å². The standard InChI is InChI=1S/C16H15NO2.C3H5NO.C2H3NO.2C2H6.CH4/c1-17-16(18)19-10-15-13-8-4-2-6-11(13)12-7-3-5-9-14(12)15;1-2-3(5)4-2;4-2-1-3-2;2*1-2;/h2-9,15H,10H2,1H3,(H,17,18);2H,1H3,(H,4,5);1H2,(H,3,4);2*1-2H3;1H4. The second-order valence-corrected chi connectivity index (χ2v) is 6.58. The quantitative estimate of drug-likeness (QED) is 0.577. The summed E-state index contributed by atoms with van der Waals surface area (Å²) in [5, 5.41) is 7.49. The summed E-state index contributed by atoms with van der Waals surface area (Å²) in [5.74, 6) is 0.467. The monoisotopic (exact) mass is 457 g/mol. The average Bonchev–Trinajstić information content (AvgIpc) is 3.75. The van der Waals surface area contributed by atoms with Gasteiger partial charge in [-0.1, -0.05) is 83.7 Å². The predicted molar refractivity (Wildman–Crippen MR) is 134 cm³/mol. The van der Waals surface area contributed by atoms with E-state index in [1.165, 1.54) is 22.3 Å². The zero-order chi connectivity index (χ0) is 24.1. The first-order chi connectivity index (χ1) is 15.5. The number of alkyl carbamates (subject to hydrolysis) is 1. The first-order valence-corrected chi connectivity index (χ1v) is 11.1. The molecule has 3 aliphatic rings. The highest BCUT2D eigenvalue weighted by Gasteiger charge is 2.28. The number of rotatable bonds is 2. The minimum Gasteiger partial charge on any atom is -0.449 e. The number of nitrogens with one attached hydrogen (secondary N) is 3. The molecule has 2 heterocycles. The molecule has 2 aromatic carbocycles. The van der Waals surface area contributed by atoms with Gasteiger partial charge in [0.15, 0.2) is 0 Å². The maximum absolute atomic E-state index is 11.3. The lowest BCUT2D eigenvalue weighted by atomic mass is 9.98. The average molecular weight is 458 g/mol. The van der Waals surface area contributed by atoms with Crippen LogP contribution in [0, 0.1) is 0 Å². The second kappa shape index (κ2) is 15.5. The molecule has 2 aromatic rings. The molecule has 2 fully saturated rings. The topological polar surface area (TPSA) is 116 Å². The molecule has 2 aliphatic heterocycles. The first-order valence-electron chi connectivity index (χ1n) is 11.1. The SMILES string of the molecule is C.CC.CC.CC1NC1=O.CNC(=O)OCC1c2ccccc2-c2ccccc21.O=C1CN1. The summed E-state index contributed by atoms with van der Waals surface area (Å²) in [6.45, 7) is 10.8. The van der Waals surface area contributed by atoms with E-state index in [2.05, 4.69) is 40.2 Å². The summed E-state index contributed by atoms with van der Waals surface area (Å²) in [5.41, 5.74) is 4.94. The lowest BCUT2D eigenvalue weighted by molar-refractivity contribution is -0.111. The van der Waals surface area contributed by atoms with Gasteiger partial charge in [0, 0.05) is 13.0 Å². The molecule has 2 saturated heterocycles. The Morgan fingerprint density at radius 3 is 1.64 bits per heavy atom. The van der Waals surface area contributed by atoms with Crippen molar-refractivity contribution >= 4 is 17.9 Å². The van der Waals surface area contributed by atoms with Crippen LogP contribution in [0.3, 0.4) is 0 Å². The molecule has 1 aliphatic carbocycles. The number of hydrogen-bond acceptors (Lipinski definition) is 4. The van der Waals surface area contributed by atoms with Crippen molar-refractivity contribution < 1.29 is 19.1 Å². The number of amides is 3. The molecule has 182 valence electrons. The fraction of sp³-hybridized carbons (Fsp3) is 0.423. The van der Waals surface area contributed by atoms with E-state index in [9.17, 15) is 14.4 Å². The van der Waals surface area contributed by atoms with Crippen LogP contribution >= 0.6 is 0 Å². The van der Waals surface area contributed by atoms with Crippen LogP contribution in [0.4, 0.5) is 4.79 Å². The van der Waals surface area contributed by atoms with Crippen LogP contribution in [0.25, 0.3) is 11.1 Å². The van der Waals surface area contributed by atoms with Gasteiger partial charge in [-0.25, -0.2) is 4.79 Å². The first kappa shape index (κ1) is 29.7. The van der Waals surface area contributed by atoms with E-state index >= 15 is 0 Å². The van der Waals surface area contributed by atoms with Crippen LogP contribution in [0.5, 0.6) is 0 Å². The third-order valence-electron chi connectivity index (χ3n) is 4.54. The Morgan fingerprint density at radius 2 is 1.33 bits per heavy atom. The van der Waals surface area contributed by atoms with Crippen molar-refractivity contribution in [3.05, 3.63) is 59.7 Å². The molecule has 5 rings (SSSR count). The lowest BCUT2D eigenvalue weighted by Gasteiger charge is -2.13. The minimum absolute atomic E-state index is 0. The van der Waals surface area contributed by atoms with Gasteiger partial charge in [0.2, 0.25) is 11.8 Å². The molecule has 1 atom stereocenters. The van der Waals surface area contributed by atoms with E-state index in [4.69, 9.17) is 4.74 Å². The summed E-state index contributed by atoms with van der Waals surface area (Å²) in [4.78, 5) is 30.5. The number of benzene rings is 2. The molecule has 0 radical (unpaired) electrons. The smallest absolute Gasteiger partial charge is 0.406 e. The Morgan fingerprint density at radius 1 is 0.970 bits per heavy atom. The number of fused-ring (bicyclic) bond motifs is 3. The van der Waals surface area contributed by atoms with Crippen molar-refractivity contribution in [2.24, 2.45) is 0 Å². The van der Waals surface area contributed by atoms with Crippen molar-refractivity contribution in [1.82, 2.24) is 16.0 Å². The van der Waals surface area contributed by atoms with E-state index in [0.29, 0.717) is 13.2 Å². The zero-order valence-electron chi connectivity index (χ0n) is 19.8. The Labute approximate surface area is 198 Å². The number of hydrogen-bond donors (Lipinski definition) is 3. The van der Waals surface area contributed by atoms with Gasteiger partial charge in [-0.3, -0.25) is 9.59 Å². The highest BCUT2D eigenvalue weighted by atomic mass is 16.5. The van der Waals surface area contributed by atoms with Gasteiger partial charge >= 0.3 is 6.09 Å². The molecule has 7 heteroatoms. The third kappa shape index (κ3) is 9.35. The zero-order valence-corrected chi connectivity index (χ0v) is 19.8. The van der Waals surface area contributed by atoms with Crippen molar-refractivity contribution in [1.29, 1.82) is 0 Å². The molecular weight excluding hydrogens is 418 g/mol. The van der Waals surface area contributed by atoms with Crippen molar-refractivity contribution in [2.45, 2.75) is 54.0 Å². The Hall–Kier alpha value is -3.35. The van der Waals surface area contributed by atoms with E-state index in [0.717, 1.165) is 0 Å². The van der Waals surface area contributed by atoms with E-state index in [-0.39, 0.29) is 37.3 Å². The highest BCUT2D eigenvalue weighted by molar-refractivity contribution is 5.96. The van der Waals surface area contributed by atoms with Crippen LogP contribution in [0.15, 0.2) is 48.5 Å². The second-order valence-electron chi connectivity index (χ2n) is 6.58. The largest absolute Gasteiger partial charge is 0.449 e. The molecule has 3 N–H and O–H groups in total. The predicted octanol–water partition coefficient (Wildman–Crippen LogP) is 4.46. The number of carbonyl (C=O) groups is 3. The van der Waals surface area contributed by atoms with Crippen LogP contribution in [-0.4, -0.2) is 44.1 Å².